The number of amides is 3. The second-order valence-electron chi connectivity index (χ2n) is 7.90. The molecule has 1 aromatic carbocycles. The van der Waals surface area contributed by atoms with Crippen LogP contribution in [0.1, 0.15) is 56.0 Å². The quantitative estimate of drug-likeness (QED) is 0.755. The van der Waals surface area contributed by atoms with Crippen LogP contribution >= 0.6 is 0 Å². The number of likely N-dealkylation sites (tertiary alicyclic amines) is 1. The van der Waals surface area contributed by atoms with Crippen molar-refractivity contribution >= 4 is 17.7 Å². The van der Waals surface area contributed by atoms with E-state index in [2.05, 4.69) is 10.6 Å². The summed E-state index contributed by atoms with van der Waals surface area (Å²) < 4.78 is 0. The van der Waals surface area contributed by atoms with Crippen molar-refractivity contribution in [3.05, 3.63) is 35.4 Å². The third-order valence-corrected chi connectivity index (χ3v) is 5.34. The Morgan fingerprint density at radius 1 is 1.14 bits per heavy atom. The van der Waals surface area contributed by atoms with Gasteiger partial charge in [-0.25, -0.2) is 0 Å². The summed E-state index contributed by atoms with van der Waals surface area (Å²) >= 11 is 0. The van der Waals surface area contributed by atoms with Gasteiger partial charge in [0.1, 0.15) is 6.04 Å². The Bertz CT molecular complexity index is 694. The second-order valence-corrected chi connectivity index (χ2v) is 7.90. The van der Waals surface area contributed by atoms with Gasteiger partial charge in [0.05, 0.1) is 0 Å². The van der Waals surface area contributed by atoms with Crippen molar-refractivity contribution in [2.24, 2.45) is 11.8 Å². The average molecular weight is 388 g/mol. The smallest absolute Gasteiger partial charge is 0.252 e. The molecular weight excluding hydrogens is 354 g/mol. The Balaban J connectivity index is 1.97. The molecule has 1 heterocycles. The highest BCUT2D eigenvalue weighted by molar-refractivity contribution is 5.98. The van der Waals surface area contributed by atoms with Gasteiger partial charge < -0.3 is 15.5 Å². The zero-order valence-electron chi connectivity index (χ0n) is 17.5. The molecule has 2 N–H and O–H groups in total. The molecule has 0 spiro atoms. The molecule has 0 bridgehead atoms. The normalized spacial score (nSPS) is 16.0. The van der Waals surface area contributed by atoms with E-state index >= 15 is 0 Å². The number of piperidine rings is 1. The molecule has 1 saturated heterocycles. The van der Waals surface area contributed by atoms with E-state index in [1.807, 2.05) is 45.9 Å². The zero-order valence-corrected chi connectivity index (χ0v) is 17.5. The van der Waals surface area contributed by atoms with E-state index in [-0.39, 0.29) is 29.6 Å². The first-order chi connectivity index (χ1) is 13.3. The molecule has 1 aromatic rings. The summed E-state index contributed by atoms with van der Waals surface area (Å²) in [7, 11) is 0. The number of nitrogens with one attached hydrogen (secondary N) is 2. The van der Waals surface area contributed by atoms with Crippen molar-refractivity contribution in [3.63, 3.8) is 0 Å². The Morgan fingerprint density at radius 2 is 1.79 bits per heavy atom. The van der Waals surface area contributed by atoms with Crippen molar-refractivity contribution in [3.8, 4) is 0 Å². The number of hydrogen-bond acceptors (Lipinski definition) is 3. The van der Waals surface area contributed by atoms with Crippen LogP contribution in [0.5, 0.6) is 0 Å². The first-order valence-corrected chi connectivity index (χ1v) is 10.3. The number of benzene rings is 1. The molecule has 6 nitrogen and oxygen atoms in total. The number of rotatable bonds is 7. The van der Waals surface area contributed by atoms with Gasteiger partial charge in [0, 0.05) is 31.1 Å². The fourth-order valence-electron chi connectivity index (χ4n) is 3.51. The Kier molecular flexibility index (Phi) is 8.03. The Hall–Kier alpha value is -2.37. The van der Waals surface area contributed by atoms with Gasteiger partial charge in [-0.2, -0.15) is 0 Å². The molecule has 1 unspecified atom stereocenters. The van der Waals surface area contributed by atoms with E-state index in [1.165, 1.54) is 0 Å². The standard InChI is InChI=1S/C22H33N3O3/c1-5-12-23-20(26)17-10-13-25(14-11-17)22(28)19(15(2)3)24-21(27)18-9-7-6-8-16(18)4/h6-9,15,17,19H,5,10-14H2,1-4H3,(H,23,26)(H,24,27). The van der Waals surface area contributed by atoms with Crippen LogP contribution in [0, 0.1) is 18.8 Å². The van der Waals surface area contributed by atoms with Crippen LogP contribution in [-0.4, -0.2) is 48.3 Å². The molecule has 1 aliphatic rings. The van der Waals surface area contributed by atoms with E-state index in [0.29, 0.717) is 38.0 Å². The van der Waals surface area contributed by atoms with Gasteiger partial charge in [-0.15, -0.1) is 0 Å². The summed E-state index contributed by atoms with van der Waals surface area (Å²) in [5.74, 6) is -0.258. The van der Waals surface area contributed by atoms with Crippen molar-refractivity contribution < 1.29 is 14.4 Å². The summed E-state index contributed by atoms with van der Waals surface area (Å²) in [6.45, 7) is 9.57. The molecule has 0 radical (unpaired) electrons. The summed E-state index contributed by atoms with van der Waals surface area (Å²) in [4.78, 5) is 39.6. The number of hydrogen-bond donors (Lipinski definition) is 2. The van der Waals surface area contributed by atoms with E-state index in [0.717, 1.165) is 12.0 Å². The van der Waals surface area contributed by atoms with E-state index in [1.54, 1.807) is 11.0 Å². The van der Waals surface area contributed by atoms with Crippen LogP contribution in [0.4, 0.5) is 0 Å². The van der Waals surface area contributed by atoms with Crippen LogP contribution in [-0.2, 0) is 9.59 Å². The molecule has 0 aromatic heterocycles. The van der Waals surface area contributed by atoms with Crippen LogP contribution in [0.2, 0.25) is 0 Å². The topological polar surface area (TPSA) is 78.5 Å². The number of carbonyl (C=O) groups is 3. The highest BCUT2D eigenvalue weighted by atomic mass is 16.2. The minimum Gasteiger partial charge on any atom is -0.356 e. The van der Waals surface area contributed by atoms with Gasteiger partial charge in [0.25, 0.3) is 5.91 Å². The summed E-state index contributed by atoms with van der Waals surface area (Å²) in [5, 5.41) is 5.86. The van der Waals surface area contributed by atoms with Gasteiger partial charge in [-0.05, 0) is 43.7 Å². The number of carbonyl (C=O) groups excluding carboxylic acids is 3. The average Bonchev–Trinajstić information content (AvgIpc) is 2.69. The van der Waals surface area contributed by atoms with Gasteiger partial charge >= 0.3 is 0 Å². The molecule has 154 valence electrons. The predicted molar refractivity (Wildman–Crippen MR) is 110 cm³/mol. The van der Waals surface area contributed by atoms with Crippen LogP contribution in [0.15, 0.2) is 24.3 Å². The van der Waals surface area contributed by atoms with Crippen LogP contribution in [0.25, 0.3) is 0 Å². The fraction of sp³-hybridized carbons (Fsp3) is 0.591. The van der Waals surface area contributed by atoms with Gasteiger partial charge in [0.2, 0.25) is 11.8 Å². The highest BCUT2D eigenvalue weighted by Gasteiger charge is 2.33. The van der Waals surface area contributed by atoms with Crippen molar-refractivity contribution in [2.75, 3.05) is 19.6 Å². The van der Waals surface area contributed by atoms with Gasteiger partial charge in [-0.3, -0.25) is 14.4 Å². The second kappa shape index (κ2) is 10.2. The summed E-state index contributed by atoms with van der Waals surface area (Å²) in [6, 6.07) is 6.79. The number of aryl methyl sites for hydroxylation is 1. The fourth-order valence-corrected chi connectivity index (χ4v) is 3.51. The minimum atomic E-state index is -0.572. The maximum absolute atomic E-state index is 13.1. The lowest BCUT2D eigenvalue weighted by molar-refractivity contribution is -0.138. The van der Waals surface area contributed by atoms with Gasteiger partial charge in [0.15, 0.2) is 0 Å². The predicted octanol–water partition coefficient (Wildman–Crippen LogP) is 2.51. The maximum Gasteiger partial charge on any atom is 0.252 e. The minimum absolute atomic E-state index is 0.0222. The first-order valence-electron chi connectivity index (χ1n) is 10.3. The van der Waals surface area contributed by atoms with Crippen LogP contribution < -0.4 is 10.6 Å². The van der Waals surface area contributed by atoms with Gasteiger partial charge in [-0.1, -0.05) is 39.0 Å². The number of nitrogens with zero attached hydrogens (tertiary/aromatic N) is 1. The molecule has 0 saturated carbocycles. The Labute approximate surface area is 168 Å². The zero-order chi connectivity index (χ0) is 20.7. The lowest BCUT2D eigenvalue weighted by Crippen LogP contribution is -2.53. The molecule has 3 amide bonds. The van der Waals surface area contributed by atoms with E-state index in [9.17, 15) is 14.4 Å². The highest BCUT2D eigenvalue weighted by Crippen LogP contribution is 2.20. The first kappa shape index (κ1) is 21.9. The van der Waals surface area contributed by atoms with E-state index < -0.39 is 6.04 Å². The molecule has 28 heavy (non-hydrogen) atoms. The maximum atomic E-state index is 13.1. The molecule has 2 rings (SSSR count). The lowest BCUT2D eigenvalue weighted by atomic mass is 9.94. The molecular formula is C22H33N3O3. The third-order valence-electron chi connectivity index (χ3n) is 5.34. The summed E-state index contributed by atoms with van der Waals surface area (Å²) in [6.07, 6.45) is 2.25. The van der Waals surface area contributed by atoms with Crippen molar-refractivity contribution in [1.29, 1.82) is 0 Å². The largest absolute Gasteiger partial charge is 0.356 e. The monoisotopic (exact) mass is 387 g/mol. The van der Waals surface area contributed by atoms with Crippen molar-refractivity contribution in [1.82, 2.24) is 15.5 Å². The molecule has 1 aliphatic heterocycles. The van der Waals surface area contributed by atoms with Crippen molar-refractivity contribution in [2.45, 2.75) is 53.0 Å². The molecule has 1 atom stereocenters. The Morgan fingerprint density at radius 3 is 2.36 bits per heavy atom. The lowest BCUT2D eigenvalue weighted by Gasteiger charge is -2.35. The van der Waals surface area contributed by atoms with E-state index in [4.69, 9.17) is 0 Å². The molecule has 6 heteroatoms. The third kappa shape index (κ3) is 5.57. The van der Waals surface area contributed by atoms with Crippen LogP contribution in [0.3, 0.4) is 0 Å². The molecule has 1 fully saturated rings. The summed E-state index contributed by atoms with van der Waals surface area (Å²) in [5.41, 5.74) is 1.47. The SMILES string of the molecule is CCCNC(=O)C1CCN(C(=O)C(NC(=O)c2ccccc2C)C(C)C)CC1. The molecule has 0 aliphatic carbocycles.